The maximum atomic E-state index is 14.5. The van der Waals surface area contributed by atoms with Crippen molar-refractivity contribution in [3.8, 4) is 23.0 Å². The molecule has 0 bridgehead atoms. The summed E-state index contributed by atoms with van der Waals surface area (Å²) >= 11 is 0. The molecule has 0 saturated carbocycles. The molecule has 2 heterocycles. The van der Waals surface area contributed by atoms with Gasteiger partial charge in [-0.2, -0.15) is 0 Å². The topological polar surface area (TPSA) is 303 Å². The number of ether oxygens (including phenoxy) is 9. The number of benzene rings is 3. The molecule has 0 aliphatic carbocycles. The molecule has 460 valence electrons. The maximum absolute atomic E-state index is 14.5. The number of amides is 7. The summed E-state index contributed by atoms with van der Waals surface area (Å²) in [4.78, 5) is 121. The normalized spacial score (nSPS) is 15.3. The minimum Gasteiger partial charge on any atom is -0.493 e. The predicted octanol–water partition coefficient (Wildman–Crippen LogP) is 8.04. The van der Waals surface area contributed by atoms with Gasteiger partial charge in [-0.3, -0.25) is 44.3 Å². The van der Waals surface area contributed by atoms with Crippen LogP contribution in [-0.2, 0) is 49.5 Å². The molecule has 25 heteroatoms. The smallest absolute Gasteiger partial charge is 0.412 e. The molecule has 5 rings (SSSR count). The lowest BCUT2D eigenvalue weighted by Crippen LogP contribution is -2.53. The Balaban J connectivity index is 1.31. The highest BCUT2D eigenvalue weighted by Gasteiger charge is 2.37. The number of carbonyl (C=O) groups is 9. The third-order valence-electron chi connectivity index (χ3n) is 12.8. The van der Waals surface area contributed by atoms with E-state index in [1.165, 1.54) is 68.2 Å². The second-order valence-corrected chi connectivity index (χ2v) is 21.2. The molecule has 2 saturated heterocycles. The Labute approximate surface area is 494 Å². The van der Waals surface area contributed by atoms with Gasteiger partial charge in [-0.25, -0.2) is 14.4 Å². The summed E-state index contributed by atoms with van der Waals surface area (Å²) in [5, 5.41) is 13.1. The molecule has 25 nitrogen and oxygen atoms in total. The highest BCUT2D eigenvalue weighted by molar-refractivity contribution is 6.05. The number of carbonyl (C=O) groups excluding carboxylic acids is 9. The van der Waals surface area contributed by atoms with Gasteiger partial charge in [0.2, 0.25) is 11.8 Å². The van der Waals surface area contributed by atoms with Gasteiger partial charge in [-0.1, -0.05) is 69.9 Å². The predicted molar refractivity (Wildman–Crippen MR) is 311 cm³/mol. The van der Waals surface area contributed by atoms with Gasteiger partial charge < -0.3 is 63.5 Å². The minimum absolute atomic E-state index is 0.00538. The average Bonchev–Trinajstić information content (AvgIpc) is 2.69. The number of hydrogen-bond acceptors (Lipinski definition) is 18. The summed E-state index contributed by atoms with van der Waals surface area (Å²) in [7, 11) is 2.74. The zero-order valence-corrected chi connectivity index (χ0v) is 49.7. The number of nitrogens with zero attached hydrogens (tertiary/aromatic N) is 2. The highest BCUT2D eigenvalue weighted by atomic mass is 16.6. The van der Waals surface area contributed by atoms with E-state index in [9.17, 15) is 43.2 Å². The van der Waals surface area contributed by atoms with Crippen molar-refractivity contribution in [1.29, 1.82) is 0 Å². The first-order valence-corrected chi connectivity index (χ1v) is 27.4. The van der Waals surface area contributed by atoms with Crippen molar-refractivity contribution in [2.45, 2.75) is 118 Å². The SMILES string of the molecule is C=CCOC(=O)NC(C(=O)NC(C)C(=O)Nc1ccc(COC(=O)Nc2cc(OCCCOc3cc(NC(=O)OC(C)(C)C)c(C(=O)N4CC(=C)CC4OC(=O)CC)cc3OC)c(OC)cc2C(=O)N2CC(=C)CC2COC(C)=O)cc1)C(C)C. The molecule has 4 atom stereocenters. The van der Waals surface area contributed by atoms with E-state index >= 15 is 0 Å². The first-order valence-electron chi connectivity index (χ1n) is 27.4. The summed E-state index contributed by atoms with van der Waals surface area (Å²) in [5.41, 5.74) is 1.34. The Morgan fingerprint density at radius 3 is 1.80 bits per heavy atom. The van der Waals surface area contributed by atoms with Crippen LogP contribution in [0.4, 0.5) is 31.4 Å². The number of hydrogen-bond donors (Lipinski definition) is 5. The van der Waals surface area contributed by atoms with Gasteiger partial charge in [0.05, 0.1) is 56.0 Å². The fourth-order valence-electron chi connectivity index (χ4n) is 8.59. The number of anilines is 3. The molecule has 7 amide bonds. The van der Waals surface area contributed by atoms with E-state index in [1.807, 2.05) is 0 Å². The van der Waals surface area contributed by atoms with E-state index in [0.29, 0.717) is 28.8 Å². The number of alkyl carbamates (subject to hydrolysis) is 1. The number of esters is 2. The number of methoxy groups -OCH3 is 2. The van der Waals surface area contributed by atoms with Crippen molar-refractivity contribution < 1.29 is 85.8 Å². The third kappa shape index (κ3) is 19.7. The zero-order valence-electron chi connectivity index (χ0n) is 49.7. The highest BCUT2D eigenvalue weighted by Crippen LogP contribution is 2.38. The first kappa shape index (κ1) is 66.5. The van der Waals surface area contributed by atoms with Crippen LogP contribution in [0.5, 0.6) is 23.0 Å². The van der Waals surface area contributed by atoms with E-state index < -0.39 is 83.8 Å². The molecule has 0 aromatic heterocycles. The lowest BCUT2D eigenvalue weighted by atomic mass is 10.0. The Bertz CT molecular complexity index is 2990. The van der Waals surface area contributed by atoms with Crippen LogP contribution in [0.15, 0.2) is 85.5 Å². The van der Waals surface area contributed by atoms with Gasteiger partial charge in [0.25, 0.3) is 11.8 Å². The molecule has 3 aromatic carbocycles. The number of nitrogens with one attached hydrogen (secondary N) is 5. The Morgan fingerprint density at radius 1 is 0.694 bits per heavy atom. The van der Waals surface area contributed by atoms with E-state index in [1.54, 1.807) is 65.8 Å². The fourth-order valence-corrected chi connectivity index (χ4v) is 8.59. The van der Waals surface area contributed by atoms with Crippen LogP contribution in [-0.4, -0.2) is 147 Å². The summed E-state index contributed by atoms with van der Waals surface area (Å²) in [6, 6.07) is 9.39. The quantitative estimate of drug-likeness (QED) is 0.0220. The molecule has 3 aromatic rings. The van der Waals surface area contributed by atoms with E-state index in [2.05, 4.69) is 46.3 Å². The van der Waals surface area contributed by atoms with Gasteiger partial charge in [-0.05, 0) is 69.9 Å². The van der Waals surface area contributed by atoms with Crippen LogP contribution in [0.1, 0.15) is 107 Å². The molecule has 0 radical (unpaired) electrons. The molecule has 2 aliphatic heterocycles. The monoisotopic (exact) mass is 1180 g/mol. The lowest BCUT2D eigenvalue weighted by Gasteiger charge is -2.26. The zero-order chi connectivity index (χ0) is 62.7. The summed E-state index contributed by atoms with van der Waals surface area (Å²) in [6.45, 7) is 24.2. The Kier molecular flexibility index (Phi) is 24.1. The van der Waals surface area contributed by atoms with Crippen LogP contribution >= 0.6 is 0 Å². The first-order chi connectivity index (χ1) is 40.2. The molecule has 4 unspecified atom stereocenters. The number of likely N-dealkylation sites (tertiary alicyclic amines) is 2. The third-order valence-corrected chi connectivity index (χ3v) is 12.8. The van der Waals surface area contributed by atoms with Crippen molar-refractivity contribution in [1.82, 2.24) is 20.4 Å². The van der Waals surface area contributed by atoms with Crippen LogP contribution < -0.4 is 45.5 Å². The van der Waals surface area contributed by atoms with Crippen LogP contribution in [0.3, 0.4) is 0 Å². The standard InChI is InChI=1S/C60H77N7O18/c1-14-21-81-58(75)65-52(34(3)4)54(71)61-37(7)53(70)62-40-19-17-39(18-20-40)32-83-57(74)63-44-28-48(46(77-12)26-42(44)55(72)66-30-35(5)24-41(66)33-82-38(8)68)79-22-16-23-80-49-29-45(64-59(76)85-60(9,10)11)43(27-47(49)78-13)56(73)67-31-36(6)25-50(67)84-51(69)15-2/h14,17-20,26-29,34,37,41,50,52H,1,5-6,15-16,21-25,30-33H2,2-4,7-13H3,(H,61,71)(H,62,70)(H,63,74)(H,64,76)(H,65,75). The van der Waals surface area contributed by atoms with Crippen molar-refractivity contribution >= 4 is 70.9 Å². The van der Waals surface area contributed by atoms with Crippen molar-refractivity contribution in [2.75, 3.05) is 69.7 Å². The lowest BCUT2D eigenvalue weighted by molar-refractivity contribution is -0.154. The molecule has 2 aliphatic rings. The van der Waals surface area contributed by atoms with Crippen LogP contribution in [0.2, 0.25) is 0 Å². The van der Waals surface area contributed by atoms with E-state index in [4.69, 9.17) is 42.6 Å². The van der Waals surface area contributed by atoms with Crippen molar-refractivity contribution in [2.24, 2.45) is 5.92 Å². The van der Waals surface area contributed by atoms with Crippen LogP contribution in [0.25, 0.3) is 0 Å². The van der Waals surface area contributed by atoms with Gasteiger partial charge in [0, 0.05) is 57.1 Å². The largest absolute Gasteiger partial charge is 0.493 e. The molecule has 5 N–H and O–H groups in total. The van der Waals surface area contributed by atoms with Crippen molar-refractivity contribution in [3.05, 3.63) is 102 Å². The molecule has 85 heavy (non-hydrogen) atoms. The molecular weight excluding hydrogens is 1110 g/mol. The summed E-state index contributed by atoms with van der Waals surface area (Å²) < 4.78 is 50.5. The molecule has 2 fully saturated rings. The van der Waals surface area contributed by atoms with Gasteiger partial charge in [0.15, 0.2) is 29.2 Å². The average molecular weight is 1180 g/mol. The van der Waals surface area contributed by atoms with Crippen LogP contribution in [0, 0.1) is 5.92 Å². The minimum atomic E-state index is -1.00. The summed E-state index contributed by atoms with van der Waals surface area (Å²) in [5.74, 6) is -3.15. The summed E-state index contributed by atoms with van der Waals surface area (Å²) in [6.07, 6.45) is -1.26. The Hall–Kier alpha value is -9.29. The van der Waals surface area contributed by atoms with Gasteiger partial charge in [0.1, 0.15) is 37.5 Å². The fraction of sp³-hybridized carbons (Fsp3) is 0.450. The van der Waals surface area contributed by atoms with Crippen molar-refractivity contribution in [3.63, 3.8) is 0 Å². The maximum Gasteiger partial charge on any atom is 0.412 e. The van der Waals surface area contributed by atoms with Gasteiger partial charge >= 0.3 is 30.2 Å². The second kappa shape index (κ2) is 30.8. The number of rotatable bonds is 26. The molecule has 0 spiro atoms. The second-order valence-electron chi connectivity index (χ2n) is 21.2. The van der Waals surface area contributed by atoms with E-state index in [0.717, 1.165) is 0 Å². The van der Waals surface area contributed by atoms with E-state index in [-0.39, 0.29) is 117 Å². The molecular formula is C60H77N7O18. The van der Waals surface area contributed by atoms with Gasteiger partial charge in [-0.15, -0.1) is 0 Å². The Morgan fingerprint density at radius 2 is 1.26 bits per heavy atom.